The Morgan fingerprint density at radius 3 is 3.07 bits per heavy atom. The molecule has 0 spiro atoms. The highest BCUT2D eigenvalue weighted by molar-refractivity contribution is 6.30. The topological polar surface area (TPSA) is 39.4 Å². The summed E-state index contributed by atoms with van der Waals surface area (Å²) in [4.78, 5) is 11.6. The number of hydrogen-bond donors (Lipinski definition) is 0. The minimum absolute atomic E-state index is 0.107. The lowest BCUT2D eigenvalue weighted by atomic mass is 10.0. The van der Waals surface area contributed by atoms with Gasteiger partial charge >= 0.3 is 0 Å². The Balaban J connectivity index is 2.37. The van der Waals surface area contributed by atoms with E-state index in [1.807, 2.05) is 0 Å². The van der Waals surface area contributed by atoms with Crippen molar-refractivity contribution < 1.29 is 13.9 Å². The summed E-state index contributed by atoms with van der Waals surface area (Å²) in [5.74, 6) is 0.704. The van der Waals surface area contributed by atoms with Gasteiger partial charge in [-0.05, 0) is 23.7 Å². The first-order valence-electron chi connectivity index (χ1n) is 4.64. The Labute approximate surface area is 90.6 Å². The van der Waals surface area contributed by atoms with E-state index in [9.17, 15) is 4.79 Å². The molecule has 0 atom stereocenters. The van der Waals surface area contributed by atoms with Gasteiger partial charge in [0, 0.05) is 12.5 Å². The fraction of sp³-hybridized carbons (Fsp3) is 0.182. The van der Waals surface area contributed by atoms with Crippen molar-refractivity contribution in [3.05, 3.63) is 29.0 Å². The maximum absolute atomic E-state index is 11.6. The Hall–Kier alpha value is -1.48. The quantitative estimate of drug-likeness (QED) is 0.688. The molecule has 0 unspecified atom stereocenters. The molecule has 2 heterocycles. The lowest BCUT2D eigenvalue weighted by Crippen LogP contribution is -2.15. The van der Waals surface area contributed by atoms with Crippen LogP contribution in [0.25, 0.3) is 11.0 Å². The molecule has 0 fully saturated rings. The number of carbonyl (C=O) groups excluding carboxylic acids is 1. The van der Waals surface area contributed by atoms with Gasteiger partial charge in [0.25, 0.3) is 0 Å². The lowest BCUT2D eigenvalue weighted by molar-refractivity contribution is 0.0935. The molecule has 2 aromatic rings. The van der Waals surface area contributed by atoms with Crippen LogP contribution in [0.5, 0.6) is 5.75 Å². The van der Waals surface area contributed by atoms with Crippen LogP contribution in [0.15, 0.2) is 22.6 Å². The molecule has 0 aliphatic carbocycles. The number of halogens is 1. The van der Waals surface area contributed by atoms with Crippen LogP contribution < -0.4 is 4.74 Å². The van der Waals surface area contributed by atoms with Crippen LogP contribution >= 0.6 is 11.6 Å². The number of hydrogen-bond acceptors (Lipinski definition) is 3. The third-order valence-corrected chi connectivity index (χ3v) is 2.68. The fourth-order valence-corrected chi connectivity index (χ4v) is 2.00. The van der Waals surface area contributed by atoms with Gasteiger partial charge in [-0.1, -0.05) is 0 Å². The predicted molar refractivity (Wildman–Crippen MR) is 55.7 cm³/mol. The zero-order valence-electron chi connectivity index (χ0n) is 7.75. The van der Waals surface area contributed by atoms with Gasteiger partial charge in [0.2, 0.25) is 0 Å². The standard InChI is InChI=1S/C11H7ClO3/c12-10-5-7-9(15-10)2-1-6-8(13)3-4-14-11(6)7/h1-2,5H,3-4H2. The minimum Gasteiger partial charge on any atom is -0.492 e. The van der Waals surface area contributed by atoms with E-state index in [-0.39, 0.29) is 5.78 Å². The fourth-order valence-electron chi connectivity index (χ4n) is 1.81. The summed E-state index contributed by atoms with van der Waals surface area (Å²) in [5, 5.41) is 1.07. The third-order valence-electron chi connectivity index (χ3n) is 2.50. The molecule has 1 aliphatic rings. The summed E-state index contributed by atoms with van der Waals surface area (Å²) in [5.41, 5.74) is 1.26. The molecule has 3 nitrogen and oxygen atoms in total. The summed E-state index contributed by atoms with van der Waals surface area (Å²) < 4.78 is 10.7. The van der Waals surface area contributed by atoms with Crippen molar-refractivity contribution in [2.45, 2.75) is 6.42 Å². The smallest absolute Gasteiger partial charge is 0.194 e. The maximum Gasteiger partial charge on any atom is 0.194 e. The van der Waals surface area contributed by atoms with Crippen LogP contribution in [0.1, 0.15) is 16.8 Å². The molecule has 3 rings (SSSR count). The van der Waals surface area contributed by atoms with Crippen LogP contribution in [0.2, 0.25) is 5.22 Å². The van der Waals surface area contributed by atoms with E-state index in [1.165, 1.54) is 0 Å². The van der Waals surface area contributed by atoms with E-state index in [0.717, 1.165) is 5.39 Å². The molecule has 4 heteroatoms. The number of ether oxygens (including phenoxy) is 1. The largest absolute Gasteiger partial charge is 0.492 e. The Bertz CT molecular complexity index is 556. The monoisotopic (exact) mass is 222 g/mol. The second-order valence-electron chi connectivity index (χ2n) is 3.43. The Morgan fingerprint density at radius 2 is 2.20 bits per heavy atom. The van der Waals surface area contributed by atoms with Crippen molar-refractivity contribution >= 4 is 28.4 Å². The summed E-state index contributed by atoms with van der Waals surface area (Å²) in [6.45, 7) is 0.424. The molecule has 0 bridgehead atoms. The number of furan rings is 1. The highest BCUT2D eigenvalue weighted by Crippen LogP contribution is 2.36. The SMILES string of the molecule is O=C1CCOc2c1ccc1oc(Cl)cc21. The number of benzene rings is 1. The van der Waals surface area contributed by atoms with Crippen molar-refractivity contribution in [3.63, 3.8) is 0 Å². The molecule has 0 radical (unpaired) electrons. The van der Waals surface area contributed by atoms with Gasteiger partial charge in [0.1, 0.15) is 11.3 Å². The second-order valence-corrected chi connectivity index (χ2v) is 3.80. The number of fused-ring (bicyclic) bond motifs is 3. The summed E-state index contributed by atoms with van der Waals surface area (Å²) in [6.07, 6.45) is 0.435. The van der Waals surface area contributed by atoms with Gasteiger partial charge in [-0.2, -0.15) is 0 Å². The van der Waals surface area contributed by atoms with Gasteiger partial charge in [0.05, 0.1) is 17.6 Å². The van der Waals surface area contributed by atoms with E-state index in [4.69, 9.17) is 20.8 Å². The number of ketones is 1. The average Bonchev–Trinajstić information content (AvgIpc) is 2.59. The zero-order chi connectivity index (χ0) is 10.4. The van der Waals surface area contributed by atoms with E-state index < -0.39 is 0 Å². The molecular formula is C11H7ClO3. The predicted octanol–water partition coefficient (Wildman–Crippen LogP) is 3.05. The molecule has 1 aliphatic heterocycles. The van der Waals surface area contributed by atoms with Crippen LogP contribution in [-0.2, 0) is 0 Å². The molecule has 15 heavy (non-hydrogen) atoms. The van der Waals surface area contributed by atoms with Gasteiger partial charge in [-0.25, -0.2) is 0 Å². The van der Waals surface area contributed by atoms with Gasteiger partial charge in [-0.3, -0.25) is 4.79 Å². The van der Waals surface area contributed by atoms with Crippen molar-refractivity contribution in [1.29, 1.82) is 0 Å². The molecule has 0 amide bonds. The van der Waals surface area contributed by atoms with Gasteiger partial charge in [0.15, 0.2) is 11.0 Å². The molecule has 0 saturated carbocycles. The van der Waals surface area contributed by atoms with Crippen LogP contribution in [0.4, 0.5) is 0 Å². The first kappa shape index (κ1) is 8.80. The Kier molecular flexibility index (Phi) is 1.76. The zero-order valence-corrected chi connectivity index (χ0v) is 8.50. The van der Waals surface area contributed by atoms with Gasteiger partial charge in [-0.15, -0.1) is 0 Å². The van der Waals surface area contributed by atoms with E-state index in [2.05, 4.69) is 0 Å². The average molecular weight is 223 g/mol. The number of carbonyl (C=O) groups is 1. The van der Waals surface area contributed by atoms with Crippen molar-refractivity contribution in [3.8, 4) is 5.75 Å². The molecular weight excluding hydrogens is 216 g/mol. The number of rotatable bonds is 0. The molecule has 0 N–H and O–H groups in total. The van der Waals surface area contributed by atoms with E-state index in [1.54, 1.807) is 18.2 Å². The van der Waals surface area contributed by atoms with Crippen molar-refractivity contribution in [2.24, 2.45) is 0 Å². The molecule has 0 saturated heterocycles. The minimum atomic E-state index is 0.107. The molecule has 1 aromatic heterocycles. The summed E-state index contributed by atoms with van der Waals surface area (Å²) in [6, 6.07) is 5.14. The maximum atomic E-state index is 11.6. The molecule has 76 valence electrons. The van der Waals surface area contributed by atoms with E-state index in [0.29, 0.717) is 35.1 Å². The highest BCUT2D eigenvalue weighted by Gasteiger charge is 2.22. The van der Waals surface area contributed by atoms with Crippen LogP contribution in [0.3, 0.4) is 0 Å². The third kappa shape index (κ3) is 1.23. The van der Waals surface area contributed by atoms with Crippen LogP contribution in [-0.4, -0.2) is 12.4 Å². The van der Waals surface area contributed by atoms with Crippen LogP contribution in [0, 0.1) is 0 Å². The van der Waals surface area contributed by atoms with Crippen molar-refractivity contribution in [1.82, 2.24) is 0 Å². The first-order valence-corrected chi connectivity index (χ1v) is 5.01. The lowest BCUT2D eigenvalue weighted by Gasteiger charge is -2.16. The second kappa shape index (κ2) is 3.00. The normalized spacial score (nSPS) is 15.1. The van der Waals surface area contributed by atoms with E-state index >= 15 is 0 Å². The Morgan fingerprint density at radius 1 is 1.33 bits per heavy atom. The first-order chi connectivity index (χ1) is 7.25. The number of Topliss-reactive ketones (excluding diaryl/α,β-unsaturated/α-hetero) is 1. The highest BCUT2D eigenvalue weighted by atomic mass is 35.5. The molecule has 1 aromatic carbocycles. The summed E-state index contributed by atoms with van der Waals surface area (Å²) in [7, 11) is 0. The van der Waals surface area contributed by atoms with Gasteiger partial charge < -0.3 is 9.15 Å². The van der Waals surface area contributed by atoms with Crippen molar-refractivity contribution in [2.75, 3.05) is 6.61 Å². The summed E-state index contributed by atoms with van der Waals surface area (Å²) >= 11 is 5.75.